The molecule has 0 spiro atoms. The molecule has 4 unspecified atom stereocenters. The summed E-state index contributed by atoms with van der Waals surface area (Å²) in [6, 6.07) is 0.325. The lowest BCUT2D eigenvalue weighted by Gasteiger charge is -2.32. The van der Waals surface area contributed by atoms with Gasteiger partial charge in [0.25, 0.3) is 0 Å². The number of rotatable bonds is 5. The van der Waals surface area contributed by atoms with Crippen LogP contribution in [0.1, 0.15) is 53.4 Å². The summed E-state index contributed by atoms with van der Waals surface area (Å²) in [6.45, 7) is 8.96. The first-order valence-electron chi connectivity index (χ1n) is 7.50. The monoisotopic (exact) mass is 252 g/mol. The van der Waals surface area contributed by atoms with Crippen LogP contribution in [0.15, 0.2) is 0 Å². The molecule has 0 aromatic heterocycles. The Morgan fingerprint density at radius 1 is 1.33 bits per heavy atom. The first-order valence-corrected chi connectivity index (χ1v) is 7.50. The van der Waals surface area contributed by atoms with Crippen molar-refractivity contribution in [2.45, 2.75) is 65.0 Å². The van der Waals surface area contributed by atoms with E-state index in [1.54, 1.807) is 0 Å². The summed E-state index contributed by atoms with van der Waals surface area (Å²) in [5, 5.41) is 6.47. The number of likely N-dealkylation sites (N-methyl/N-ethyl adjacent to an activating group) is 1. The second-order valence-corrected chi connectivity index (χ2v) is 6.76. The van der Waals surface area contributed by atoms with Crippen LogP contribution in [0.5, 0.6) is 0 Å². The topological polar surface area (TPSA) is 41.1 Å². The van der Waals surface area contributed by atoms with E-state index in [-0.39, 0.29) is 5.91 Å². The third-order valence-electron chi connectivity index (χ3n) is 4.98. The van der Waals surface area contributed by atoms with Crippen LogP contribution in [0.2, 0.25) is 0 Å². The maximum atomic E-state index is 12.3. The van der Waals surface area contributed by atoms with E-state index >= 15 is 0 Å². The lowest BCUT2D eigenvalue weighted by Crippen LogP contribution is -2.55. The first-order chi connectivity index (χ1) is 8.44. The SMILES string of the molecule is CCNC(C)(C)C(=O)NC(C)C1CC2CCC1C2. The molecule has 0 aliphatic heterocycles. The second-order valence-electron chi connectivity index (χ2n) is 6.76. The molecular weight excluding hydrogens is 224 g/mol. The molecule has 4 atom stereocenters. The minimum atomic E-state index is -0.458. The normalized spacial score (nSPS) is 32.6. The van der Waals surface area contributed by atoms with Gasteiger partial charge in [-0.25, -0.2) is 0 Å². The van der Waals surface area contributed by atoms with Gasteiger partial charge in [0.2, 0.25) is 5.91 Å². The highest BCUT2D eigenvalue weighted by atomic mass is 16.2. The van der Waals surface area contributed by atoms with E-state index in [1.807, 2.05) is 20.8 Å². The van der Waals surface area contributed by atoms with Gasteiger partial charge in [-0.2, -0.15) is 0 Å². The van der Waals surface area contributed by atoms with Gasteiger partial charge in [0.15, 0.2) is 0 Å². The van der Waals surface area contributed by atoms with Crippen molar-refractivity contribution in [1.82, 2.24) is 10.6 Å². The molecule has 2 aliphatic carbocycles. The van der Waals surface area contributed by atoms with Crippen molar-refractivity contribution in [1.29, 1.82) is 0 Å². The average molecular weight is 252 g/mol. The van der Waals surface area contributed by atoms with E-state index in [2.05, 4.69) is 17.6 Å². The summed E-state index contributed by atoms with van der Waals surface area (Å²) < 4.78 is 0. The highest BCUT2D eigenvalue weighted by Crippen LogP contribution is 2.49. The molecule has 0 saturated heterocycles. The zero-order valence-electron chi connectivity index (χ0n) is 12.3. The molecule has 0 heterocycles. The van der Waals surface area contributed by atoms with E-state index in [9.17, 15) is 4.79 Å². The Hall–Kier alpha value is -0.570. The fourth-order valence-corrected chi connectivity index (χ4v) is 3.92. The molecular formula is C15H28N2O. The van der Waals surface area contributed by atoms with E-state index < -0.39 is 5.54 Å². The smallest absolute Gasteiger partial charge is 0.239 e. The average Bonchev–Trinajstić information content (AvgIpc) is 2.90. The fraction of sp³-hybridized carbons (Fsp3) is 0.933. The zero-order valence-corrected chi connectivity index (χ0v) is 12.3. The van der Waals surface area contributed by atoms with Gasteiger partial charge in [-0.1, -0.05) is 13.3 Å². The van der Waals surface area contributed by atoms with Crippen molar-refractivity contribution >= 4 is 5.91 Å². The summed E-state index contributed by atoms with van der Waals surface area (Å²) in [6.07, 6.45) is 5.53. The van der Waals surface area contributed by atoms with Crippen molar-refractivity contribution in [2.24, 2.45) is 17.8 Å². The summed E-state index contributed by atoms with van der Waals surface area (Å²) in [7, 11) is 0. The lowest BCUT2D eigenvalue weighted by atomic mass is 9.83. The van der Waals surface area contributed by atoms with Gasteiger partial charge in [0, 0.05) is 6.04 Å². The van der Waals surface area contributed by atoms with Gasteiger partial charge in [0.05, 0.1) is 5.54 Å². The quantitative estimate of drug-likeness (QED) is 0.788. The number of nitrogens with one attached hydrogen (secondary N) is 2. The Morgan fingerprint density at radius 2 is 2.06 bits per heavy atom. The third kappa shape index (κ3) is 2.71. The highest BCUT2D eigenvalue weighted by molar-refractivity contribution is 5.85. The largest absolute Gasteiger partial charge is 0.352 e. The van der Waals surface area contributed by atoms with Crippen LogP contribution in [-0.4, -0.2) is 24.0 Å². The summed E-state index contributed by atoms with van der Waals surface area (Å²) in [5.74, 6) is 2.67. The number of amides is 1. The first kappa shape index (κ1) is 13.9. The van der Waals surface area contributed by atoms with Crippen molar-refractivity contribution in [3.05, 3.63) is 0 Å². The molecule has 3 heteroatoms. The van der Waals surface area contributed by atoms with Gasteiger partial charge in [0.1, 0.15) is 0 Å². The molecule has 2 saturated carbocycles. The van der Waals surface area contributed by atoms with Crippen molar-refractivity contribution in [3.8, 4) is 0 Å². The Balaban J connectivity index is 1.87. The molecule has 1 amide bonds. The van der Waals surface area contributed by atoms with Crippen LogP contribution in [0.4, 0.5) is 0 Å². The van der Waals surface area contributed by atoms with Crippen LogP contribution >= 0.6 is 0 Å². The molecule has 0 aromatic rings. The van der Waals surface area contributed by atoms with Crippen LogP contribution in [0.25, 0.3) is 0 Å². The predicted octanol–water partition coefficient (Wildman–Crippen LogP) is 2.32. The predicted molar refractivity (Wildman–Crippen MR) is 74.3 cm³/mol. The van der Waals surface area contributed by atoms with Crippen molar-refractivity contribution in [3.63, 3.8) is 0 Å². The fourth-order valence-electron chi connectivity index (χ4n) is 3.92. The second kappa shape index (κ2) is 5.20. The number of hydrogen-bond donors (Lipinski definition) is 2. The maximum absolute atomic E-state index is 12.3. The number of hydrogen-bond acceptors (Lipinski definition) is 2. The Bertz CT molecular complexity index is 314. The molecule has 104 valence electrons. The van der Waals surface area contributed by atoms with E-state index in [1.165, 1.54) is 25.7 Å². The van der Waals surface area contributed by atoms with E-state index in [4.69, 9.17) is 0 Å². The Morgan fingerprint density at radius 3 is 2.56 bits per heavy atom. The number of carbonyl (C=O) groups excluding carboxylic acids is 1. The molecule has 18 heavy (non-hydrogen) atoms. The molecule has 3 nitrogen and oxygen atoms in total. The van der Waals surface area contributed by atoms with Crippen LogP contribution in [0, 0.1) is 17.8 Å². The molecule has 2 aliphatic rings. The van der Waals surface area contributed by atoms with Crippen molar-refractivity contribution in [2.75, 3.05) is 6.54 Å². The summed E-state index contributed by atoms with van der Waals surface area (Å²) >= 11 is 0. The van der Waals surface area contributed by atoms with Crippen molar-refractivity contribution < 1.29 is 4.79 Å². The number of carbonyl (C=O) groups is 1. The Kier molecular flexibility index (Phi) is 4.00. The van der Waals surface area contributed by atoms with Gasteiger partial charge in [-0.05, 0) is 64.3 Å². The molecule has 2 N–H and O–H groups in total. The van der Waals surface area contributed by atoms with Gasteiger partial charge < -0.3 is 10.6 Å². The molecule has 0 aromatic carbocycles. The van der Waals surface area contributed by atoms with Crippen LogP contribution < -0.4 is 10.6 Å². The number of fused-ring (bicyclic) bond motifs is 2. The van der Waals surface area contributed by atoms with Gasteiger partial charge >= 0.3 is 0 Å². The van der Waals surface area contributed by atoms with Crippen LogP contribution in [-0.2, 0) is 4.79 Å². The molecule has 2 bridgehead atoms. The zero-order chi connectivity index (χ0) is 13.3. The standard InChI is InChI=1S/C15H28N2O/c1-5-16-15(3,4)14(18)17-10(2)13-9-11-6-7-12(13)8-11/h10-13,16H,5-9H2,1-4H3,(H,17,18). The molecule has 2 fully saturated rings. The summed E-state index contributed by atoms with van der Waals surface area (Å²) in [5.41, 5.74) is -0.458. The highest BCUT2D eigenvalue weighted by Gasteiger charge is 2.42. The Labute approximate surface area is 111 Å². The molecule has 2 rings (SSSR count). The summed E-state index contributed by atoms with van der Waals surface area (Å²) in [4.78, 5) is 12.3. The minimum absolute atomic E-state index is 0.139. The third-order valence-corrected chi connectivity index (χ3v) is 4.98. The van der Waals surface area contributed by atoms with Gasteiger partial charge in [-0.3, -0.25) is 4.79 Å². The minimum Gasteiger partial charge on any atom is -0.352 e. The van der Waals surface area contributed by atoms with Gasteiger partial charge in [-0.15, -0.1) is 0 Å². The maximum Gasteiger partial charge on any atom is 0.239 e. The molecule has 0 radical (unpaired) electrons. The van der Waals surface area contributed by atoms with E-state index in [0.717, 1.165) is 18.4 Å². The van der Waals surface area contributed by atoms with E-state index in [0.29, 0.717) is 12.0 Å². The lowest BCUT2D eigenvalue weighted by molar-refractivity contribution is -0.127. The van der Waals surface area contributed by atoms with Crippen LogP contribution in [0.3, 0.4) is 0 Å².